The van der Waals surface area contributed by atoms with Gasteiger partial charge in [0.1, 0.15) is 0 Å². The van der Waals surface area contributed by atoms with Crippen molar-refractivity contribution in [2.45, 2.75) is 45.2 Å². The predicted octanol–water partition coefficient (Wildman–Crippen LogP) is 3.69. The summed E-state index contributed by atoms with van der Waals surface area (Å²) in [5, 5.41) is 7.77. The third-order valence-electron chi connectivity index (χ3n) is 4.95. The van der Waals surface area contributed by atoms with E-state index in [9.17, 15) is 0 Å². The van der Waals surface area contributed by atoms with Crippen LogP contribution in [0.1, 0.15) is 44.7 Å². The largest absolute Gasteiger partial charge is 0.356 e. The molecule has 24 heavy (non-hydrogen) atoms. The minimum Gasteiger partial charge on any atom is -0.356 e. The number of hydrogen-bond donors (Lipinski definition) is 2. The molecule has 1 heterocycles. The molecule has 1 aromatic rings. The Labute approximate surface area is 151 Å². The van der Waals surface area contributed by atoms with Gasteiger partial charge in [0.05, 0.1) is 0 Å². The van der Waals surface area contributed by atoms with Crippen molar-refractivity contribution in [1.82, 2.24) is 15.5 Å². The molecule has 0 bridgehead atoms. The minimum atomic E-state index is 0.395. The summed E-state index contributed by atoms with van der Waals surface area (Å²) in [7, 11) is 4.04. The first kappa shape index (κ1) is 19.1. The molecular weight excluding hydrogens is 320 g/mol. The number of guanidine groups is 1. The molecule has 5 heteroatoms. The van der Waals surface area contributed by atoms with Crippen LogP contribution in [0.25, 0.3) is 0 Å². The number of benzene rings is 1. The van der Waals surface area contributed by atoms with E-state index in [-0.39, 0.29) is 0 Å². The summed E-state index contributed by atoms with van der Waals surface area (Å²) in [5.74, 6) is 1.43. The smallest absolute Gasteiger partial charge is 0.191 e. The first-order chi connectivity index (χ1) is 11.5. The van der Waals surface area contributed by atoms with E-state index in [1.807, 2.05) is 19.2 Å². The highest BCUT2D eigenvalue weighted by molar-refractivity contribution is 6.30. The Morgan fingerprint density at radius 1 is 1.46 bits per heavy atom. The molecule has 1 fully saturated rings. The lowest BCUT2D eigenvalue weighted by molar-refractivity contribution is 0.122. The van der Waals surface area contributed by atoms with Crippen LogP contribution >= 0.6 is 11.6 Å². The maximum absolute atomic E-state index is 6.22. The van der Waals surface area contributed by atoms with Crippen molar-refractivity contribution in [3.05, 3.63) is 34.9 Å². The van der Waals surface area contributed by atoms with E-state index < -0.39 is 0 Å². The monoisotopic (exact) mass is 350 g/mol. The van der Waals surface area contributed by atoms with Crippen LogP contribution in [0.2, 0.25) is 5.02 Å². The summed E-state index contributed by atoms with van der Waals surface area (Å²) in [6, 6.07) is 9.11. The number of halogens is 1. The summed E-state index contributed by atoms with van der Waals surface area (Å²) in [5.41, 5.74) is 1.31. The average molecular weight is 351 g/mol. The van der Waals surface area contributed by atoms with Crippen LogP contribution in [0.15, 0.2) is 29.3 Å². The summed E-state index contributed by atoms with van der Waals surface area (Å²) in [4.78, 5) is 6.80. The molecule has 2 rings (SSSR count). The third-order valence-corrected chi connectivity index (χ3v) is 5.18. The van der Waals surface area contributed by atoms with Gasteiger partial charge in [-0.25, -0.2) is 0 Å². The molecule has 0 amide bonds. The first-order valence-electron chi connectivity index (χ1n) is 8.98. The molecule has 2 N–H and O–H groups in total. The molecule has 1 aliphatic heterocycles. The summed E-state index contributed by atoms with van der Waals surface area (Å²) in [6.07, 6.45) is 3.53. The van der Waals surface area contributed by atoms with E-state index in [2.05, 4.69) is 53.6 Å². The summed E-state index contributed by atoms with van der Waals surface area (Å²) in [6.45, 7) is 6.40. The summed E-state index contributed by atoms with van der Waals surface area (Å²) < 4.78 is 0. The van der Waals surface area contributed by atoms with Crippen LogP contribution in [0.4, 0.5) is 0 Å². The molecule has 0 aliphatic carbocycles. The average Bonchev–Trinajstić information content (AvgIpc) is 2.58. The molecule has 0 saturated carbocycles. The Morgan fingerprint density at radius 3 is 2.92 bits per heavy atom. The van der Waals surface area contributed by atoms with Gasteiger partial charge in [-0.1, -0.05) is 30.7 Å². The van der Waals surface area contributed by atoms with Crippen LogP contribution < -0.4 is 10.6 Å². The minimum absolute atomic E-state index is 0.395. The van der Waals surface area contributed by atoms with Crippen LogP contribution in [-0.2, 0) is 0 Å². The molecule has 1 aliphatic rings. The molecule has 134 valence electrons. The Morgan fingerprint density at radius 2 is 2.25 bits per heavy atom. The van der Waals surface area contributed by atoms with Gasteiger partial charge in [-0.2, -0.15) is 0 Å². The fraction of sp³-hybridized carbons (Fsp3) is 0.632. The van der Waals surface area contributed by atoms with Crippen molar-refractivity contribution in [3.8, 4) is 0 Å². The number of nitrogens with one attached hydrogen (secondary N) is 2. The van der Waals surface area contributed by atoms with E-state index >= 15 is 0 Å². The fourth-order valence-electron chi connectivity index (χ4n) is 3.45. The second-order valence-electron chi connectivity index (χ2n) is 6.79. The molecule has 0 spiro atoms. The third kappa shape index (κ3) is 5.12. The van der Waals surface area contributed by atoms with Gasteiger partial charge in [0, 0.05) is 30.7 Å². The second-order valence-corrected chi connectivity index (χ2v) is 7.23. The van der Waals surface area contributed by atoms with Gasteiger partial charge in [-0.15, -0.1) is 0 Å². The fourth-order valence-corrected chi connectivity index (χ4v) is 3.65. The van der Waals surface area contributed by atoms with Crippen molar-refractivity contribution in [1.29, 1.82) is 0 Å². The normalized spacial score (nSPS) is 23.8. The molecule has 0 aromatic heterocycles. The van der Waals surface area contributed by atoms with Gasteiger partial charge in [-0.3, -0.25) is 9.89 Å². The number of piperidine rings is 1. The Hall–Kier alpha value is -1.26. The van der Waals surface area contributed by atoms with Gasteiger partial charge >= 0.3 is 0 Å². The number of likely N-dealkylation sites (tertiary alicyclic amines) is 1. The van der Waals surface area contributed by atoms with Gasteiger partial charge < -0.3 is 10.6 Å². The molecule has 1 saturated heterocycles. The lowest BCUT2D eigenvalue weighted by Gasteiger charge is -2.40. The van der Waals surface area contributed by atoms with Gasteiger partial charge in [0.25, 0.3) is 0 Å². The number of hydrogen-bond acceptors (Lipinski definition) is 2. The molecule has 4 nitrogen and oxygen atoms in total. The van der Waals surface area contributed by atoms with Crippen LogP contribution in [0.5, 0.6) is 0 Å². The molecule has 1 aromatic carbocycles. The highest BCUT2D eigenvalue weighted by atomic mass is 35.5. The first-order valence-corrected chi connectivity index (χ1v) is 9.35. The zero-order chi connectivity index (χ0) is 17.5. The zero-order valence-electron chi connectivity index (χ0n) is 15.3. The molecule has 0 radical (unpaired) electrons. The van der Waals surface area contributed by atoms with Crippen molar-refractivity contribution < 1.29 is 0 Å². The van der Waals surface area contributed by atoms with Crippen LogP contribution in [0.3, 0.4) is 0 Å². The van der Waals surface area contributed by atoms with E-state index in [0.29, 0.717) is 18.0 Å². The van der Waals surface area contributed by atoms with Gasteiger partial charge in [-0.05, 0) is 63.4 Å². The Bertz CT molecular complexity index is 546. The van der Waals surface area contributed by atoms with E-state index in [4.69, 9.17) is 11.6 Å². The lowest BCUT2D eigenvalue weighted by Crippen LogP contribution is -2.46. The highest BCUT2D eigenvalue weighted by Crippen LogP contribution is 2.35. The highest BCUT2D eigenvalue weighted by Gasteiger charge is 2.30. The maximum atomic E-state index is 6.22. The Balaban J connectivity index is 2.06. The van der Waals surface area contributed by atoms with Crippen molar-refractivity contribution in [2.24, 2.45) is 10.9 Å². The molecular formula is C19H31ClN4. The lowest BCUT2D eigenvalue weighted by atomic mass is 9.85. The summed E-state index contributed by atoms with van der Waals surface area (Å²) >= 11 is 6.22. The van der Waals surface area contributed by atoms with E-state index in [1.165, 1.54) is 18.4 Å². The standard InChI is InChI=1S/C19H31ClN4/c1-5-14(2)23-19(21-3)22-13-16-9-7-11-24(4)18(16)15-8-6-10-17(20)12-15/h6,8,10,12,14,16,18H,5,7,9,11,13H2,1-4H3,(H2,21,22,23). The number of aliphatic imine (C=N–C) groups is 1. The maximum Gasteiger partial charge on any atom is 0.191 e. The SMILES string of the molecule is CCC(C)NC(=NC)NCC1CCCN(C)C1c1cccc(Cl)c1. The number of nitrogens with zero attached hydrogens (tertiary/aromatic N) is 2. The topological polar surface area (TPSA) is 39.7 Å². The van der Waals surface area contributed by atoms with Crippen LogP contribution in [-0.4, -0.2) is 44.1 Å². The van der Waals surface area contributed by atoms with Crippen molar-refractivity contribution in [2.75, 3.05) is 27.2 Å². The second kappa shape index (κ2) is 9.28. The predicted molar refractivity (Wildman–Crippen MR) is 104 cm³/mol. The van der Waals surface area contributed by atoms with E-state index in [1.54, 1.807) is 0 Å². The van der Waals surface area contributed by atoms with Gasteiger partial charge in [0.15, 0.2) is 5.96 Å². The van der Waals surface area contributed by atoms with Gasteiger partial charge in [0.2, 0.25) is 0 Å². The van der Waals surface area contributed by atoms with Crippen molar-refractivity contribution >= 4 is 17.6 Å². The Kier molecular flexibility index (Phi) is 7.38. The van der Waals surface area contributed by atoms with Crippen LogP contribution in [0, 0.1) is 5.92 Å². The van der Waals surface area contributed by atoms with E-state index in [0.717, 1.165) is 30.5 Å². The molecule has 3 unspecified atom stereocenters. The quantitative estimate of drug-likeness (QED) is 0.628. The number of rotatable bonds is 5. The molecule has 3 atom stereocenters. The zero-order valence-corrected chi connectivity index (χ0v) is 16.1. The van der Waals surface area contributed by atoms with Crippen molar-refractivity contribution in [3.63, 3.8) is 0 Å².